The fraction of sp³-hybridized carbons (Fsp3) is 0.462. The quantitative estimate of drug-likeness (QED) is 0.870. The van der Waals surface area contributed by atoms with Crippen molar-refractivity contribution in [3.63, 3.8) is 0 Å². The lowest BCUT2D eigenvalue weighted by Crippen LogP contribution is -2.48. The van der Waals surface area contributed by atoms with Gasteiger partial charge in [0, 0.05) is 6.07 Å². The number of anilines is 1. The highest BCUT2D eigenvalue weighted by Gasteiger charge is 2.28. The van der Waals surface area contributed by atoms with E-state index in [0.29, 0.717) is 6.42 Å². The van der Waals surface area contributed by atoms with Gasteiger partial charge in [-0.1, -0.05) is 13.3 Å². The molecule has 1 aromatic rings. The van der Waals surface area contributed by atoms with Gasteiger partial charge in [0.05, 0.1) is 11.2 Å². The zero-order chi connectivity index (χ0) is 13.9. The minimum Gasteiger partial charge on any atom is -0.322 e. The third kappa shape index (κ3) is 3.26. The average molecular weight is 256 g/mol. The highest BCUT2D eigenvalue weighted by molar-refractivity contribution is 5.97. The number of hydrogen-bond acceptors (Lipinski definition) is 2. The van der Waals surface area contributed by atoms with Gasteiger partial charge in [0.2, 0.25) is 5.91 Å². The van der Waals surface area contributed by atoms with Crippen molar-refractivity contribution in [1.29, 1.82) is 0 Å². The van der Waals surface area contributed by atoms with Crippen molar-refractivity contribution in [1.82, 2.24) is 0 Å². The zero-order valence-corrected chi connectivity index (χ0v) is 10.8. The van der Waals surface area contributed by atoms with Crippen molar-refractivity contribution in [2.45, 2.75) is 39.2 Å². The van der Waals surface area contributed by atoms with Crippen molar-refractivity contribution in [3.05, 3.63) is 29.3 Å². The van der Waals surface area contributed by atoms with E-state index in [1.807, 2.05) is 6.92 Å². The van der Waals surface area contributed by atoms with Gasteiger partial charge in [0.1, 0.15) is 11.6 Å². The molecule has 3 N–H and O–H groups in total. The van der Waals surface area contributed by atoms with Crippen molar-refractivity contribution < 1.29 is 13.6 Å². The van der Waals surface area contributed by atoms with Crippen LogP contribution >= 0.6 is 0 Å². The van der Waals surface area contributed by atoms with Crippen LogP contribution in [0.2, 0.25) is 0 Å². The number of benzene rings is 1. The van der Waals surface area contributed by atoms with Crippen LogP contribution < -0.4 is 11.1 Å². The number of carbonyl (C=O) groups excluding carboxylic acids is 1. The summed E-state index contributed by atoms with van der Waals surface area (Å²) in [5, 5.41) is 2.32. The lowest BCUT2D eigenvalue weighted by atomic mass is 9.96. The third-order valence-electron chi connectivity index (χ3n) is 2.78. The molecule has 1 aromatic carbocycles. The van der Waals surface area contributed by atoms with E-state index in [2.05, 4.69) is 5.32 Å². The molecule has 0 heterocycles. The van der Waals surface area contributed by atoms with Crippen molar-refractivity contribution in [2.24, 2.45) is 5.73 Å². The molecule has 1 unspecified atom stereocenters. The fourth-order valence-electron chi connectivity index (χ4n) is 1.64. The summed E-state index contributed by atoms with van der Waals surface area (Å²) < 4.78 is 26.8. The van der Waals surface area contributed by atoms with Gasteiger partial charge >= 0.3 is 0 Å². The number of hydrogen-bond donors (Lipinski definition) is 2. The van der Waals surface area contributed by atoms with E-state index in [1.54, 1.807) is 6.92 Å². The van der Waals surface area contributed by atoms with Crippen LogP contribution in [0, 0.1) is 18.6 Å². The molecule has 0 radical (unpaired) electrons. The van der Waals surface area contributed by atoms with Gasteiger partial charge in [-0.25, -0.2) is 8.78 Å². The maximum atomic E-state index is 13.5. The number of halogens is 2. The van der Waals surface area contributed by atoms with E-state index in [9.17, 15) is 13.6 Å². The summed E-state index contributed by atoms with van der Waals surface area (Å²) in [5.41, 5.74) is 4.72. The Labute approximate surface area is 105 Å². The Morgan fingerprint density at radius 1 is 1.39 bits per heavy atom. The topological polar surface area (TPSA) is 55.1 Å². The summed E-state index contributed by atoms with van der Waals surface area (Å²) in [6.45, 7) is 4.91. The van der Waals surface area contributed by atoms with Crippen LogP contribution in [0.15, 0.2) is 12.1 Å². The van der Waals surface area contributed by atoms with E-state index in [0.717, 1.165) is 18.6 Å². The maximum Gasteiger partial charge on any atom is 0.244 e. The van der Waals surface area contributed by atoms with Crippen LogP contribution in [0.1, 0.15) is 32.3 Å². The molecule has 100 valence electrons. The third-order valence-corrected chi connectivity index (χ3v) is 2.78. The minimum atomic E-state index is -1.09. The summed E-state index contributed by atoms with van der Waals surface area (Å²) in [5.74, 6) is -1.76. The Kier molecular flexibility index (Phi) is 4.40. The molecule has 18 heavy (non-hydrogen) atoms. The second-order valence-corrected chi connectivity index (χ2v) is 4.70. The smallest absolute Gasteiger partial charge is 0.244 e. The summed E-state index contributed by atoms with van der Waals surface area (Å²) >= 11 is 0. The monoisotopic (exact) mass is 256 g/mol. The van der Waals surface area contributed by atoms with Gasteiger partial charge in [-0.15, -0.1) is 0 Å². The van der Waals surface area contributed by atoms with Crippen LogP contribution in [-0.2, 0) is 4.79 Å². The standard InChI is InChI=1S/C13H18F2N2O/c1-4-5-13(3,16)12(18)17-11-7-9(14)8(2)6-10(11)15/h6-7H,4-5,16H2,1-3H3,(H,17,18). The number of amides is 1. The molecule has 0 saturated carbocycles. The molecule has 0 fully saturated rings. The molecule has 5 heteroatoms. The Morgan fingerprint density at radius 3 is 2.56 bits per heavy atom. The number of nitrogens with two attached hydrogens (primary N) is 1. The van der Waals surface area contributed by atoms with Gasteiger partial charge in [0.25, 0.3) is 0 Å². The van der Waals surface area contributed by atoms with Crippen LogP contribution in [0.5, 0.6) is 0 Å². The number of aryl methyl sites for hydroxylation is 1. The second kappa shape index (κ2) is 5.44. The molecule has 0 aliphatic heterocycles. The second-order valence-electron chi connectivity index (χ2n) is 4.70. The first-order chi connectivity index (χ1) is 8.27. The van der Waals surface area contributed by atoms with Gasteiger partial charge in [0.15, 0.2) is 0 Å². The van der Waals surface area contributed by atoms with E-state index >= 15 is 0 Å². The summed E-state index contributed by atoms with van der Waals surface area (Å²) in [6.07, 6.45) is 1.19. The van der Waals surface area contributed by atoms with E-state index in [4.69, 9.17) is 5.73 Å². The Hall–Kier alpha value is -1.49. The van der Waals surface area contributed by atoms with Crippen molar-refractivity contribution in [3.8, 4) is 0 Å². The lowest BCUT2D eigenvalue weighted by Gasteiger charge is -2.23. The number of carbonyl (C=O) groups is 1. The van der Waals surface area contributed by atoms with Gasteiger partial charge in [-0.3, -0.25) is 4.79 Å². The zero-order valence-electron chi connectivity index (χ0n) is 10.8. The predicted octanol–water partition coefficient (Wildman–Crippen LogP) is 2.73. The molecule has 1 amide bonds. The Bertz CT molecular complexity index is 459. The Morgan fingerprint density at radius 2 is 2.00 bits per heavy atom. The fourth-order valence-corrected chi connectivity index (χ4v) is 1.64. The molecule has 0 aliphatic rings. The predicted molar refractivity (Wildman–Crippen MR) is 67.2 cm³/mol. The SMILES string of the molecule is CCCC(C)(N)C(=O)Nc1cc(F)c(C)cc1F. The molecule has 3 nitrogen and oxygen atoms in total. The molecule has 0 spiro atoms. The van der Waals surface area contributed by atoms with E-state index < -0.39 is 23.1 Å². The van der Waals surface area contributed by atoms with Crippen LogP contribution in [0.25, 0.3) is 0 Å². The molecule has 0 bridgehead atoms. The van der Waals surface area contributed by atoms with Crippen molar-refractivity contribution in [2.75, 3.05) is 5.32 Å². The first kappa shape index (κ1) is 14.6. The summed E-state index contributed by atoms with van der Waals surface area (Å²) in [7, 11) is 0. The number of nitrogens with one attached hydrogen (secondary N) is 1. The summed E-state index contributed by atoms with van der Waals surface area (Å²) in [6, 6.07) is 2.00. The first-order valence-corrected chi connectivity index (χ1v) is 5.84. The van der Waals surface area contributed by atoms with Crippen molar-refractivity contribution >= 4 is 11.6 Å². The highest BCUT2D eigenvalue weighted by atomic mass is 19.1. The number of rotatable bonds is 4. The molecular formula is C13H18F2N2O. The molecular weight excluding hydrogens is 238 g/mol. The van der Waals surface area contributed by atoms with Crippen LogP contribution in [-0.4, -0.2) is 11.4 Å². The van der Waals surface area contributed by atoms with Gasteiger partial charge in [-0.2, -0.15) is 0 Å². The minimum absolute atomic E-state index is 0.184. The summed E-state index contributed by atoms with van der Waals surface area (Å²) in [4.78, 5) is 11.8. The largest absolute Gasteiger partial charge is 0.322 e. The molecule has 1 rings (SSSR count). The Balaban J connectivity index is 2.92. The van der Waals surface area contributed by atoms with Crippen LogP contribution in [0.4, 0.5) is 14.5 Å². The van der Waals surface area contributed by atoms with Crippen LogP contribution in [0.3, 0.4) is 0 Å². The molecule has 0 aromatic heterocycles. The van der Waals surface area contributed by atoms with E-state index in [1.165, 1.54) is 6.92 Å². The molecule has 1 atom stereocenters. The molecule has 0 saturated heterocycles. The van der Waals surface area contributed by atoms with Gasteiger partial charge < -0.3 is 11.1 Å². The lowest BCUT2D eigenvalue weighted by molar-refractivity contribution is -0.120. The van der Waals surface area contributed by atoms with E-state index in [-0.39, 0.29) is 11.3 Å². The molecule has 0 aliphatic carbocycles. The first-order valence-electron chi connectivity index (χ1n) is 5.84. The average Bonchev–Trinajstić information content (AvgIpc) is 2.25. The van der Waals surface area contributed by atoms with Gasteiger partial charge in [-0.05, 0) is 31.9 Å². The normalized spacial score (nSPS) is 14.1. The maximum absolute atomic E-state index is 13.5. The highest BCUT2D eigenvalue weighted by Crippen LogP contribution is 2.20.